The zero-order valence-corrected chi connectivity index (χ0v) is 20.3. The number of H-pyrrole nitrogens is 1. The highest BCUT2D eigenvalue weighted by Crippen LogP contribution is 2.36. The van der Waals surface area contributed by atoms with Gasteiger partial charge in [0.05, 0.1) is 28.9 Å². The summed E-state index contributed by atoms with van der Waals surface area (Å²) in [5.74, 6) is 2.59. The molecule has 178 valence electrons. The third kappa shape index (κ3) is 3.65. The van der Waals surface area contributed by atoms with Crippen molar-refractivity contribution < 1.29 is 4.74 Å². The van der Waals surface area contributed by atoms with Crippen molar-refractivity contribution in [1.82, 2.24) is 25.0 Å². The third-order valence-electron chi connectivity index (χ3n) is 6.69. The number of hydrogen-bond donors (Lipinski definition) is 1. The molecule has 3 aromatic heterocycles. The second-order valence-corrected chi connectivity index (χ2v) is 8.98. The average molecular weight is 468 g/mol. The molecule has 4 heterocycles. The van der Waals surface area contributed by atoms with Crippen LogP contribution in [0.4, 0.5) is 11.5 Å². The molecule has 1 fully saturated rings. The Morgan fingerprint density at radius 1 is 0.886 bits per heavy atom. The second-order valence-electron chi connectivity index (χ2n) is 8.98. The molecule has 6 rings (SSSR count). The van der Waals surface area contributed by atoms with Crippen LogP contribution in [0, 0.1) is 13.8 Å². The number of ether oxygens (including phenoxy) is 1. The van der Waals surface area contributed by atoms with Crippen LogP contribution in [0.1, 0.15) is 18.3 Å². The number of anilines is 2. The van der Waals surface area contributed by atoms with Crippen LogP contribution >= 0.6 is 0 Å². The van der Waals surface area contributed by atoms with E-state index in [9.17, 15) is 0 Å². The van der Waals surface area contributed by atoms with Crippen LogP contribution in [0.3, 0.4) is 0 Å². The average Bonchev–Trinajstić information content (AvgIpc) is 3.43. The minimum atomic E-state index is 0.659. The molecule has 0 unspecified atom stereocenters. The molecule has 0 aliphatic carbocycles. The van der Waals surface area contributed by atoms with Gasteiger partial charge >= 0.3 is 0 Å². The summed E-state index contributed by atoms with van der Waals surface area (Å²) in [6.45, 7) is 10.2. The first-order valence-corrected chi connectivity index (χ1v) is 12.2. The summed E-state index contributed by atoms with van der Waals surface area (Å²) in [6, 6.07) is 18.7. The summed E-state index contributed by atoms with van der Waals surface area (Å²) in [4.78, 5) is 8.34. The van der Waals surface area contributed by atoms with Crippen LogP contribution in [0.2, 0.25) is 0 Å². The SMILES string of the molecule is CCOc1ccccc1N1CCN(c2nnc(-n3nc(C)cc3C)c3[nH]c4ccccc4c23)CC1. The number of piperazine rings is 1. The van der Waals surface area contributed by atoms with Crippen molar-refractivity contribution in [3.63, 3.8) is 0 Å². The largest absolute Gasteiger partial charge is 0.492 e. The van der Waals surface area contributed by atoms with E-state index in [1.165, 1.54) is 0 Å². The Labute approximate surface area is 204 Å². The van der Waals surface area contributed by atoms with Gasteiger partial charge in [-0.15, -0.1) is 10.2 Å². The van der Waals surface area contributed by atoms with E-state index in [2.05, 4.69) is 67.4 Å². The standard InChI is InChI=1S/C27H29N7O/c1-4-35-23-12-8-7-11-22(23)32-13-15-33(16-14-32)26-24-20-9-5-6-10-21(20)28-25(24)27(30-29-26)34-19(3)17-18(2)31-34/h5-12,17,28H,4,13-16H2,1-3H3. The smallest absolute Gasteiger partial charge is 0.200 e. The fourth-order valence-electron chi connectivity index (χ4n) is 5.10. The molecular weight excluding hydrogens is 438 g/mol. The summed E-state index contributed by atoms with van der Waals surface area (Å²) in [7, 11) is 0. The predicted molar refractivity (Wildman–Crippen MR) is 140 cm³/mol. The molecule has 1 saturated heterocycles. The monoisotopic (exact) mass is 467 g/mol. The van der Waals surface area contributed by atoms with E-state index < -0.39 is 0 Å². The van der Waals surface area contributed by atoms with Crippen molar-refractivity contribution in [2.45, 2.75) is 20.8 Å². The van der Waals surface area contributed by atoms with E-state index in [4.69, 9.17) is 9.84 Å². The van der Waals surface area contributed by atoms with Crippen molar-refractivity contribution in [1.29, 1.82) is 0 Å². The number of nitrogens with one attached hydrogen (secondary N) is 1. The molecule has 0 radical (unpaired) electrons. The van der Waals surface area contributed by atoms with E-state index in [-0.39, 0.29) is 0 Å². The highest BCUT2D eigenvalue weighted by atomic mass is 16.5. The maximum atomic E-state index is 5.87. The first-order chi connectivity index (χ1) is 17.1. The quantitative estimate of drug-likeness (QED) is 0.406. The fraction of sp³-hybridized carbons (Fsp3) is 0.296. The summed E-state index contributed by atoms with van der Waals surface area (Å²) in [5.41, 5.74) is 5.18. The number of aryl methyl sites for hydroxylation is 2. The highest BCUT2D eigenvalue weighted by Gasteiger charge is 2.25. The lowest BCUT2D eigenvalue weighted by molar-refractivity contribution is 0.340. The molecule has 1 aliphatic rings. The van der Waals surface area contributed by atoms with Crippen molar-refractivity contribution in [3.05, 3.63) is 66.0 Å². The van der Waals surface area contributed by atoms with Gasteiger partial charge in [-0.25, -0.2) is 4.68 Å². The zero-order chi connectivity index (χ0) is 23.9. The lowest BCUT2D eigenvalue weighted by Crippen LogP contribution is -2.47. The third-order valence-corrected chi connectivity index (χ3v) is 6.69. The van der Waals surface area contributed by atoms with Crippen LogP contribution < -0.4 is 14.5 Å². The van der Waals surface area contributed by atoms with E-state index in [1.807, 2.05) is 37.6 Å². The number of aromatic nitrogens is 5. The number of rotatable bonds is 5. The minimum absolute atomic E-state index is 0.659. The van der Waals surface area contributed by atoms with Crippen molar-refractivity contribution in [2.24, 2.45) is 0 Å². The Kier molecular flexibility index (Phi) is 5.28. The van der Waals surface area contributed by atoms with Crippen LogP contribution in [-0.2, 0) is 0 Å². The Morgan fingerprint density at radius 3 is 2.37 bits per heavy atom. The fourth-order valence-corrected chi connectivity index (χ4v) is 5.10. The molecule has 1 aliphatic heterocycles. The molecule has 8 heteroatoms. The van der Waals surface area contributed by atoms with Crippen molar-refractivity contribution >= 4 is 33.3 Å². The summed E-state index contributed by atoms with van der Waals surface area (Å²) in [6.07, 6.45) is 0. The van der Waals surface area contributed by atoms with E-state index >= 15 is 0 Å². The van der Waals surface area contributed by atoms with Gasteiger partial charge in [0.25, 0.3) is 0 Å². The van der Waals surface area contributed by atoms with Crippen LogP contribution in [0.15, 0.2) is 54.6 Å². The Morgan fingerprint density at radius 2 is 1.60 bits per heavy atom. The first-order valence-electron chi connectivity index (χ1n) is 12.2. The molecular formula is C27H29N7O. The number of aromatic amines is 1. The zero-order valence-electron chi connectivity index (χ0n) is 20.3. The molecule has 1 N–H and O–H groups in total. The van der Waals surface area contributed by atoms with Crippen LogP contribution in [0.25, 0.3) is 27.6 Å². The lowest BCUT2D eigenvalue weighted by Gasteiger charge is -2.37. The lowest BCUT2D eigenvalue weighted by atomic mass is 10.1. The number of nitrogens with zero attached hydrogens (tertiary/aromatic N) is 6. The van der Waals surface area contributed by atoms with Crippen LogP contribution in [-0.4, -0.2) is 57.7 Å². The molecule has 0 spiro atoms. The van der Waals surface area contributed by atoms with Gasteiger partial charge in [-0.05, 0) is 45.0 Å². The van der Waals surface area contributed by atoms with Gasteiger partial charge in [-0.3, -0.25) is 0 Å². The second kappa shape index (κ2) is 8.61. The molecule has 0 saturated carbocycles. The minimum Gasteiger partial charge on any atom is -0.492 e. The summed E-state index contributed by atoms with van der Waals surface area (Å²) in [5, 5.41) is 16.4. The summed E-state index contributed by atoms with van der Waals surface area (Å²) >= 11 is 0. The first kappa shape index (κ1) is 21.5. The summed E-state index contributed by atoms with van der Waals surface area (Å²) < 4.78 is 7.76. The van der Waals surface area contributed by atoms with Gasteiger partial charge in [-0.2, -0.15) is 5.10 Å². The Bertz CT molecular complexity index is 1510. The molecule has 2 aromatic carbocycles. The highest BCUT2D eigenvalue weighted by molar-refractivity contribution is 6.14. The van der Waals surface area contributed by atoms with Gasteiger partial charge in [0.15, 0.2) is 11.6 Å². The van der Waals surface area contributed by atoms with Crippen molar-refractivity contribution in [2.75, 3.05) is 42.6 Å². The number of fused-ring (bicyclic) bond motifs is 3. The predicted octanol–water partition coefficient (Wildman–Crippen LogP) is 4.64. The van der Waals surface area contributed by atoms with Crippen molar-refractivity contribution in [3.8, 4) is 11.6 Å². The molecule has 35 heavy (non-hydrogen) atoms. The van der Waals surface area contributed by atoms with Crippen LogP contribution in [0.5, 0.6) is 5.75 Å². The molecule has 0 amide bonds. The maximum Gasteiger partial charge on any atom is 0.200 e. The normalized spacial score (nSPS) is 14.3. The Balaban J connectivity index is 1.39. The Hall–Kier alpha value is -4.07. The van der Waals surface area contributed by atoms with E-state index in [0.717, 1.165) is 82.4 Å². The van der Waals surface area contributed by atoms with Gasteiger partial charge in [0.1, 0.15) is 5.75 Å². The van der Waals surface area contributed by atoms with E-state index in [0.29, 0.717) is 6.61 Å². The van der Waals surface area contributed by atoms with Gasteiger partial charge in [0.2, 0.25) is 0 Å². The maximum absolute atomic E-state index is 5.87. The van der Waals surface area contributed by atoms with Gasteiger partial charge in [-0.1, -0.05) is 30.3 Å². The molecule has 0 bridgehead atoms. The van der Waals surface area contributed by atoms with E-state index in [1.54, 1.807) is 0 Å². The number of hydrogen-bond acceptors (Lipinski definition) is 6. The molecule has 8 nitrogen and oxygen atoms in total. The molecule has 5 aromatic rings. The van der Waals surface area contributed by atoms with Gasteiger partial charge < -0.3 is 19.5 Å². The van der Waals surface area contributed by atoms with Gasteiger partial charge in [0, 0.05) is 42.8 Å². The number of benzene rings is 2. The molecule has 0 atom stereocenters. The number of para-hydroxylation sites is 3. The topological polar surface area (TPSA) is 75.1 Å².